The van der Waals surface area contributed by atoms with Crippen molar-refractivity contribution in [1.82, 2.24) is 15.2 Å². The van der Waals surface area contributed by atoms with Gasteiger partial charge >= 0.3 is 6.09 Å². The lowest BCUT2D eigenvalue weighted by atomic mass is 10.1. The number of aromatic amines is 1. The molecule has 2 N–H and O–H groups in total. The molecule has 0 spiro atoms. The molecule has 2 amide bonds. The zero-order valence-corrected chi connectivity index (χ0v) is 12.9. The molecule has 0 atom stereocenters. The van der Waals surface area contributed by atoms with E-state index in [1.54, 1.807) is 24.1 Å². The van der Waals surface area contributed by atoms with Gasteiger partial charge in [0.2, 0.25) is 0 Å². The number of nitrogens with zero attached hydrogens (tertiary/aromatic N) is 1. The van der Waals surface area contributed by atoms with Crippen LogP contribution in [0.2, 0.25) is 0 Å². The Morgan fingerprint density at radius 1 is 1.50 bits per heavy atom. The fourth-order valence-electron chi connectivity index (χ4n) is 2.18. The molecule has 1 aliphatic rings. The number of nitrogens with one attached hydrogen (secondary N) is 2. The van der Waals surface area contributed by atoms with E-state index in [-0.39, 0.29) is 18.0 Å². The molecule has 110 valence electrons. The van der Waals surface area contributed by atoms with Crippen molar-refractivity contribution in [3.05, 3.63) is 22.4 Å². The fourth-order valence-corrected chi connectivity index (χ4v) is 2.53. The maximum Gasteiger partial charge on any atom is 0.409 e. The molecule has 7 heteroatoms. The fraction of sp³-hybridized carbons (Fsp3) is 0.538. The maximum absolute atomic E-state index is 12.0. The Kier molecular flexibility index (Phi) is 5.05. The number of likely N-dealkylation sites (tertiary alicyclic amines) is 1. The number of carbonyl (C=O) groups is 2. The summed E-state index contributed by atoms with van der Waals surface area (Å²) in [6.45, 7) is 3.40. The quantitative estimate of drug-likeness (QED) is 0.882. The van der Waals surface area contributed by atoms with Crippen molar-refractivity contribution in [2.45, 2.75) is 25.8 Å². The third-order valence-electron chi connectivity index (χ3n) is 3.25. The lowest BCUT2D eigenvalue weighted by Gasteiger charge is -2.31. The van der Waals surface area contributed by atoms with Crippen molar-refractivity contribution in [3.63, 3.8) is 0 Å². The van der Waals surface area contributed by atoms with Crippen LogP contribution in [-0.2, 0) is 4.74 Å². The molecule has 0 saturated carbocycles. The predicted octanol–water partition coefficient (Wildman–Crippen LogP) is 2.13. The van der Waals surface area contributed by atoms with E-state index in [1.165, 1.54) is 0 Å². The summed E-state index contributed by atoms with van der Waals surface area (Å²) >= 11 is 3.29. The van der Waals surface area contributed by atoms with E-state index < -0.39 is 0 Å². The molecule has 20 heavy (non-hydrogen) atoms. The molecule has 1 saturated heterocycles. The lowest BCUT2D eigenvalue weighted by molar-refractivity contribution is 0.0857. The van der Waals surface area contributed by atoms with Gasteiger partial charge in [-0.2, -0.15) is 0 Å². The highest BCUT2D eigenvalue weighted by Gasteiger charge is 2.24. The maximum atomic E-state index is 12.0. The van der Waals surface area contributed by atoms with Crippen LogP contribution in [0.4, 0.5) is 4.79 Å². The Hall–Kier alpha value is -1.50. The Bertz CT molecular complexity index is 481. The van der Waals surface area contributed by atoms with E-state index in [4.69, 9.17) is 4.74 Å². The van der Waals surface area contributed by atoms with Gasteiger partial charge in [0.25, 0.3) is 5.91 Å². The van der Waals surface area contributed by atoms with Crippen molar-refractivity contribution in [2.75, 3.05) is 19.7 Å². The zero-order chi connectivity index (χ0) is 14.5. The molecule has 2 rings (SSSR count). The molecule has 0 unspecified atom stereocenters. The molecular formula is C13H18BrN3O3. The first-order valence-corrected chi connectivity index (χ1v) is 7.46. The van der Waals surface area contributed by atoms with Gasteiger partial charge in [0.05, 0.1) is 6.61 Å². The second-order valence-electron chi connectivity index (χ2n) is 4.67. The average Bonchev–Trinajstić information content (AvgIpc) is 2.86. The molecule has 1 aromatic heterocycles. The minimum absolute atomic E-state index is 0.0928. The Balaban J connectivity index is 1.80. The highest BCUT2D eigenvalue weighted by molar-refractivity contribution is 9.10. The number of piperidine rings is 1. The first-order valence-electron chi connectivity index (χ1n) is 6.66. The number of ether oxygens (including phenoxy) is 1. The summed E-state index contributed by atoms with van der Waals surface area (Å²) in [5.74, 6) is -0.120. The van der Waals surface area contributed by atoms with Crippen LogP contribution in [0, 0.1) is 0 Å². The van der Waals surface area contributed by atoms with E-state index in [0.717, 1.165) is 17.3 Å². The molecule has 1 fully saturated rings. The Morgan fingerprint density at radius 3 is 2.75 bits per heavy atom. The van der Waals surface area contributed by atoms with Gasteiger partial charge in [0.1, 0.15) is 5.69 Å². The van der Waals surface area contributed by atoms with E-state index in [9.17, 15) is 9.59 Å². The van der Waals surface area contributed by atoms with Gasteiger partial charge in [0, 0.05) is 29.8 Å². The lowest BCUT2D eigenvalue weighted by Crippen LogP contribution is -2.46. The van der Waals surface area contributed by atoms with Crippen LogP contribution in [0.3, 0.4) is 0 Å². The highest BCUT2D eigenvalue weighted by Crippen LogP contribution is 2.14. The van der Waals surface area contributed by atoms with Crippen LogP contribution in [0.1, 0.15) is 30.3 Å². The van der Waals surface area contributed by atoms with Gasteiger partial charge in [0.15, 0.2) is 0 Å². The molecule has 2 heterocycles. The minimum atomic E-state index is -0.273. The molecule has 0 aromatic carbocycles. The molecule has 0 radical (unpaired) electrons. The Morgan fingerprint density at radius 2 is 2.20 bits per heavy atom. The first kappa shape index (κ1) is 14.9. The summed E-state index contributed by atoms with van der Waals surface area (Å²) < 4.78 is 5.81. The zero-order valence-electron chi connectivity index (χ0n) is 11.3. The van der Waals surface area contributed by atoms with Crippen molar-refractivity contribution < 1.29 is 14.3 Å². The summed E-state index contributed by atoms with van der Waals surface area (Å²) in [4.78, 5) is 28.1. The van der Waals surface area contributed by atoms with E-state index >= 15 is 0 Å². The summed E-state index contributed by atoms with van der Waals surface area (Å²) in [6, 6.07) is 1.83. The van der Waals surface area contributed by atoms with Gasteiger partial charge in [-0.3, -0.25) is 4.79 Å². The molecule has 0 bridgehead atoms. The summed E-state index contributed by atoms with van der Waals surface area (Å²) in [5.41, 5.74) is 0.532. The number of hydrogen-bond acceptors (Lipinski definition) is 3. The van der Waals surface area contributed by atoms with Gasteiger partial charge in [-0.25, -0.2) is 4.79 Å². The predicted molar refractivity (Wildman–Crippen MR) is 77.6 cm³/mol. The number of aromatic nitrogens is 1. The van der Waals surface area contributed by atoms with Crippen molar-refractivity contribution in [2.24, 2.45) is 0 Å². The van der Waals surface area contributed by atoms with E-state index in [0.29, 0.717) is 25.4 Å². The molecule has 6 nitrogen and oxygen atoms in total. The van der Waals surface area contributed by atoms with E-state index in [2.05, 4.69) is 26.2 Å². The second kappa shape index (κ2) is 6.78. The third-order valence-corrected chi connectivity index (χ3v) is 3.71. The molecule has 1 aromatic rings. The average molecular weight is 344 g/mol. The number of rotatable bonds is 3. The van der Waals surface area contributed by atoms with Crippen molar-refractivity contribution in [3.8, 4) is 0 Å². The van der Waals surface area contributed by atoms with Crippen LogP contribution in [-0.4, -0.2) is 47.6 Å². The number of hydrogen-bond donors (Lipinski definition) is 2. The van der Waals surface area contributed by atoms with Gasteiger partial charge in [-0.15, -0.1) is 0 Å². The first-order chi connectivity index (χ1) is 9.60. The third kappa shape index (κ3) is 3.75. The number of amides is 2. The van der Waals surface area contributed by atoms with Crippen LogP contribution in [0.25, 0.3) is 0 Å². The standard InChI is InChI=1S/C13H18BrN3O3/c1-2-20-13(19)17-5-3-10(4-6-17)16-12(18)11-7-9(14)8-15-11/h7-8,10,15H,2-6H2,1H3,(H,16,18). The van der Waals surface area contributed by atoms with Gasteiger partial charge < -0.3 is 19.9 Å². The van der Waals surface area contributed by atoms with Crippen LogP contribution < -0.4 is 5.32 Å². The molecule has 0 aliphatic carbocycles. The monoisotopic (exact) mass is 343 g/mol. The topological polar surface area (TPSA) is 74.4 Å². The molecule has 1 aliphatic heterocycles. The minimum Gasteiger partial charge on any atom is -0.450 e. The van der Waals surface area contributed by atoms with E-state index in [1.807, 2.05) is 0 Å². The number of carbonyl (C=O) groups excluding carboxylic acids is 2. The van der Waals surface area contributed by atoms with Crippen LogP contribution in [0.5, 0.6) is 0 Å². The second-order valence-corrected chi connectivity index (χ2v) is 5.58. The summed E-state index contributed by atoms with van der Waals surface area (Å²) in [5, 5.41) is 2.97. The van der Waals surface area contributed by atoms with Crippen molar-refractivity contribution in [1.29, 1.82) is 0 Å². The normalized spacial score (nSPS) is 16.0. The number of H-pyrrole nitrogens is 1. The Labute approximate surface area is 126 Å². The number of halogens is 1. The largest absolute Gasteiger partial charge is 0.450 e. The summed E-state index contributed by atoms with van der Waals surface area (Å²) in [7, 11) is 0. The van der Waals surface area contributed by atoms with Crippen LogP contribution in [0.15, 0.2) is 16.7 Å². The van der Waals surface area contributed by atoms with Gasteiger partial charge in [-0.1, -0.05) is 0 Å². The van der Waals surface area contributed by atoms with Crippen LogP contribution >= 0.6 is 15.9 Å². The van der Waals surface area contributed by atoms with Gasteiger partial charge in [-0.05, 0) is 41.8 Å². The summed E-state index contributed by atoms with van der Waals surface area (Å²) in [6.07, 6.45) is 2.93. The highest BCUT2D eigenvalue weighted by atomic mass is 79.9. The van der Waals surface area contributed by atoms with Crippen molar-refractivity contribution >= 4 is 27.9 Å². The molecular weight excluding hydrogens is 326 g/mol. The smallest absolute Gasteiger partial charge is 0.409 e. The SMILES string of the molecule is CCOC(=O)N1CCC(NC(=O)c2cc(Br)c[nH]2)CC1.